The summed E-state index contributed by atoms with van der Waals surface area (Å²) in [4.78, 5) is 39.1. The highest BCUT2D eigenvalue weighted by atomic mass is 16.5. The van der Waals surface area contributed by atoms with Gasteiger partial charge in [-0.1, -0.05) is 12.2 Å². The Kier molecular flexibility index (Phi) is 5.49. The van der Waals surface area contributed by atoms with Crippen LogP contribution < -0.4 is 5.32 Å². The zero-order valence-electron chi connectivity index (χ0n) is 16.9. The smallest absolute Gasteiger partial charge is 0.434 e. The first-order valence-electron chi connectivity index (χ1n) is 9.90. The fourth-order valence-corrected chi connectivity index (χ4v) is 2.59. The second kappa shape index (κ2) is 9.19. The van der Waals surface area contributed by atoms with Crippen molar-refractivity contribution in [3.8, 4) is 0 Å². The minimum absolute atomic E-state index is 0.0269. The number of likely N-dealkylation sites (N-methyl/N-ethyl adjacent to an activating group) is 1. The van der Waals surface area contributed by atoms with Crippen molar-refractivity contribution in [2.75, 3.05) is 13.5 Å². The Labute approximate surface area is 151 Å². The van der Waals surface area contributed by atoms with E-state index in [9.17, 15) is 14.4 Å². The van der Waals surface area contributed by atoms with Crippen LogP contribution in [0.25, 0.3) is 0 Å². The number of nitrogens with one attached hydrogen (secondary N) is 1. The minimum Gasteiger partial charge on any atom is -0.463 e. The molecule has 1 heterocycles. The second-order valence-electron chi connectivity index (χ2n) is 6.16. The van der Waals surface area contributed by atoms with Crippen molar-refractivity contribution in [1.29, 1.82) is 0 Å². The third-order valence-electron chi connectivity index (χ3n) is 3.99. The summed E-state index contributed by atoms with van der Waals surface area (Å²) >= 11 is 0. The van der Waals surface area contributed by atoms with Gasteiger partial charge in [0.2, 0.25) is 11.9 Å². The molecular formula is C17H25N3O5. The fraction of sp³-hybridized carbons (Fsp3) is 0.647. The van der Waals surface area contributed by atoms with Crippen molar-refractivity contribution in [3.63, 3.8) is 0 Å². The van der Waals surface area contributed by atoms with Gasteiger partial charge in [-0.15, -0.1) is 4.99 Å². The number of aliphatic imine (C=N–C) groups is 1. The van der Waals surface area contributed by atoms with E-state index in [2.05, 4.69) is 10.3 Å². The summed E-state index contributed by atoms with van der Waals surface area (Å²) in [6.45, 7) is -3.64. The van der Waals surface area contributed by atoms with E-state index >= 15 is 0 Å². The Morgan fingerprint density at radius 3 is 2.80 bits per heavy atom. The molecule has 1 fully saturated rings. The van der Waals surface area contributed by atoms with E-state index in [-0.39, 0.29) is 18.4 Å². The molecule has 0 saturated heterocycles. The van der Waals surface area contributed by atoms with Crippen molar-refractivity contribution >= 4 is 23.9 Å². The van der Waals surface area contributed by atoms with Gasteiger partial charge in [0.1, 0.15) is 12.6 Å². The lowest BCUT2D eigenvalue weighted by Crippen LogP contribution is -2.45. The molecule has 25 heavy (non-hydrogen) atoms. The molecule has 2 aliphatic rings. The van der Waals surface area contributed by atoms with Gasteiger partial charge in [-0.2, -0.15) is 0 Å². The Morgan fingerprint density at radius 2 is 2.12 bits per heavy atom. The average molecular weight is 354 g/mol. The maximum Gasteiger partial charge on any atom is 0.434 e. The quantitative estimate of drug-likeness (QED) is 0.550. The molecule has 2 amide bonds. The maximum atomic E-state index is 12.4. The van der Waals surface area contributed by atoms with Gasteiger partial charge in [0.15, 0.2) is 0 Å². The maximum absolute atomic E-state index is 12.4. The summed E-state index contributed by atoms with van der Waals surface area (Å²) in [5, 5.41) is 11.2. The second-order valence-corrected chi connectivity index (χ2v) is 6.16. The molecule has 1 atom stereocenters. The number of cyclic esters (lactones) is 1. The van der Waals surface area contributed by atoms with E-state index in [0.29, 0.717) is 17.7 Å². The van der Waals surface area contributed by atoms with Crippen molar-refractivity contribution in [3.05, 3.63) is 12.2 Å². The summed E-state index contributed by atoms with van der Waals surface area (Å²) < 4.78 is 28.4. The number of hydrogen-bond acceptors (Lipinski definition) is 4. The number of amides is 2. The molecule has 1 aliphatic carbocycles. The number of guanidine groups is 1. The van der Waals surface area contributed by atoms with Crippen LogP contribution in [0.3, 0.4) is 0 Å². The number of rotatable bonds is 1. The highest BCUT2D eigenvalue weighted by Gasteiger charge is 2.33. The van der Waals surface area contributed by atoms with Crippen molar-refractivity contribution in [1.82, 2.24) is 10.2 Å². The van der Waals surface area contributed by atoms with Gasteiger partial charge < -0.3 is 14.7 Å². The van der Waals surface area contributed by atoms with E-state index in [1.807, 2.05) is 12.2 Å². The van der Waals surface area contributed by atoms with E-state index in [4.69, 9.17) is 14.0 Å². The Hall–Kier alpha value is -2.38. The van der Waals surface area contributed by atoms with Crippen LogP contribution in [-0.2, 0) is 14.3 Å². The lowest BCUT2D eigenvalue weighted by atomic mass is 10.1. The third-order valence-corrected chi connectivity index (χ3v) is 3.99. The number of allylic oxidation sites excluding steroid dienone is 2. The molecule has 0 bridgehead atoms. The average Bonchev–Trinajstić information content (AvgIpc) is 3.40. The fourth-order valence-electron chi connectivity index (χ4n) is 2.59. The lowest BCUT2D eigenvalue weighted by molar-refractivity contribution is -0.150. The van der Waals surface area contributed by atoms with Crippen LogP contribution >= 0.6 is 0 Å². The number of hydrogen-bond donors (Lipinski definition) is 2. The first-order chi connectivity index (χ1) is 13.2. The molecule has 1 saturated carbocycles. The molecule has 2 rings (SSSR count). The first kappa shape index (κ1) is 14.9. The van der Waals surface area contributed by atoms with Gasteiger partial charge in [0.25, 0.3) is 0 Å². The summed E-state index contributed by atoms with van der Waals surface area (Å²) in [5.41, 5.74) is 0. The minimum atomic E-state index is -2.90. The Bertz CT molecular complexity index is 659. The third kappa shape index (κ3) is 6.94. The molecule has 0 aromatic rings. The van der Waals surface area contributed by atoms with Gasteiger partial charge in [0, 0.05) is 17.5 Å². The monoisotopic (exact) mass is 354 g/mol. The van der Waals surface area contributed by atoms with Crippen molar-refractivity contribution in [2.24, 2.45) is 10.9 Å². The topological polar surface area (TPSA) is 108 Å². The van der Waals surface area contributed by atoms with Crippen LogP contribution in [0.4, 0.5) is 4.79 Å². The van der Waals surface area contributed by atoms with Gasteiger partial charge in [-0.3, -0.25) is 14.9 Å². The van der Waals surface area contributed by atoms with Gasteiger partial charge in [-0.05, 0) is 44.4 Å². The molecule has 138 valence electrons. The summed E-state index contributed by atoms with van der Waals surface area (Å²) in [7, 11) is 0. The van der Waals surface area contributed by atoms with Gasteiger partial charge in [0.05, 0.1) is 0 Å². The largest absolute Gasteiger partial charge is 0.463 e. The molecular weight excluding hydrogens is 326 g/mol. The van der Waals surface area contributed by atoms with E-state index in [0.717, 1.165) is 25.7 Å². The number of ether oxygens (including phenoxy) is 1. The Morgan fingerprint density at radius 1 is 1.36 bits per heavy atom. The summed E-state index contributed by atoms with van der Waals surface area (Å²) in [6, 6.07) is 0. The zero-order chi connectivity index (χ0) is 20.7. The van der Waals surface area contributed by atoms with Crippen LogP contribution in [-0.4, -0.2) is 53.6 Å². The van der Waals surface area contributed by atoms with Crippen LogP contribution in [0.15, 0.2) is 17.1 Å². The van der Waals surface area contributed by atoms with Gasteiger partial charge >= 0.3 is 12.1 Å². The predicted octanol–water partition coefficient (Wildman–Crippen LogP) is 1.91. The van der Waals surface area contributed by atoms with E-state index < -0.39 is 37.4 Å². The summed E-state index contributed by atoms with van der Waals surface area (Å²) in [6.07, 6.45) is 6.43. The number of carbonyl (C=O) groups is 3. The highest BCUT2D eigenvalue weighted by molar-refractivity contribution is 6.01. The molecule has 0 radical (unpaired) electrons. The number of carbonyl (C=O) groups excluding carboxylic acids is 2. The molecule has 8 nitrogen and oxygen atoms in total. The van der Waals surface area contributed by atoms with E-state index in [1.54, 1.807) is 0 Å². The van der Waals surface area contributed by atoms with Gasteiger partial charge in [-0.25, -0.2) is 4.79 Å². The molecule has 1 unspecified atom stereocenters. The molecule has 8 heteroatoms. The van der Waals surface area contributed by atoms with Crippen molar-refractivity contribution in [2.45, 2.75) is 51.0 Å². The normalized spacial score (nSPS) is 29.3. The predicted molar refractivity (Wildman–Crippen MR) is 91.1 cm³/mol. The van der Waals surface area contributed by atoms with E-state index in [1.165, 1.54) is 0 Å². The molecule has 1 aliphatic heterocycles. The zero-order valence-corrected chi connectivity index (χ0v) is 13.9. The molecule has 0 aromatic heterocycles. The molecule has 0 spiro atoms. The Balaban J connectivity index is 2.27. The highest BCUT2D eigenvalue weighted by Crippen LogP contribution is 2.36. The standard InChI is InChI=1S/C17H25N3O5/c1-20-11-15(22)25-13(12-9-10-12)7-5-3-2-4-6-8-14(21)18-16(20)19-17(23)24/h2,4,12-13H,3,5-11H2,1H3,(H,23,24)(H,18,19,21)/b4-2+/i1D3. The molecule has 0 aromatic carbocycles. The number of carboxylic acid groups (broad SMARTS) is 1. The number of nitrogens with zero attached hydrogens (tertiary/aromatic N) is 2. The first-order valence-corrected chi connectivity index (χ1v) is 8.40. The van der Waals surface area contributed by atoms with Crippen LogP contribution in [0, 0.1) is 5.92 Å². The number of esters is 1. The van der Waals surface area contributed by atoms with Crippen LogP contribution in [0.2, 0.25) is 0 Å². The van der Waals surface area contributed by atoms with Crippen LogP contribution in [0.1, 0.15) is 49.1 Å². The van der Waals surface area contributed by atoms with Crippen molar-refractivity contribution < 1.29 is 28.3 Å². The molecule has 2 N–H and O–H groups in total. The lowest BCUT2D eigenvalue weighted by Gasteiger charge is -2.22. The summed E-state index contributed by atoms with van der Waals surface area (Å²) in [5.74, 6) is -1.84. The SMILES string of the molecule is [2H]C([2H])([2H])N1CC(=O)OC(C2CC2)CCC/C=C/CCC(=O)NC1=NC(=O)O. The van der Waals surface area contributed by atoms with Crippen LogP contribution in [0.5, 0.6) is 0 Å².